The van der Waals surface area contributed by atoms with E-state index in [-0.39, 0.29) is 12.5 Å². The van der Waals surface area contributed by atoms with Crippen molar-refractivity contribution in [2.75, 3.05) is 13.1 Å². The van der Waals surface area contributed by atoms with Gasteiger partial charge in [0, 0.05) is 13.1 Å². The Balaban J connectivity index is 1.83. The van der Waals surface area contributed by atoms with E-state index in [1.165, 1.54) is 4.57 Å². The number of carbonyl (C=O) groups is 1. The summed E-state index contributed by atoms with van der Waals surface area (Å²) < 4.78 is 6.58. The van der Waals surface area contributed by atoms with Crippen LogP contribution in [0.5, 0.6) is 0 Å². The van der Waals surface area contributed by atoms with Gasteiger partial charge in [0.05, 0.1) is 5.52 Å². The summed E-state index contributed by atoms with van der Waals surface area (Å²) in [5.74, 6) is 0.538. The number of oxazole rings is 1. The van der Waals surface area contributed by atoms with Gasteiger partial charge in [0.15, 0.2) is 5.58 Å². The van der Waals surface area contributed by atoms with Gasteiger partial charge in [-0.3, -0.25) is 9.36 Å². The summed E-state index contributed by atoms with van der Waals surface area (Å²) in [6, 6.07) is 7.19. The fourth-order valence-electron chi connectivity index (χ4n) is 3.27. The van der Waals surface area contributed by atoms with E-state index < -0.39 is 5.76 Å². The fourth-order valence-corrected chi connectivity index (χ4v) is 3.27. The molecule has 1 aliphatic rings. The van der Waals surface area contributed by atoms with Crippen molar-refractivity contribution in [1.29, 1.82) is 0 Å². The molecule has 0 N–H and O–H groups in total. The number of amides is 1. The molecule has 0 spiro atoms. The van der Waals surface area contributed by atoms with Crippen molar-refractivity contribution >= 4 is 17.0 Å². The van der Waals surface area contributed by atoms with E-state index in [1.54, 1.807) is 12.1 Å². The van der Waals surface area contributed by atoms with Crippen molar-refractivity contribution in [2.24, 2.45) is 11.8 Å². The van der Waals surface area contributed by atoms with Gasteiger partial charge in [-0.2, -0.15) is 0 Å². The molecule has 1 aromatic heterocycles. The Morgan fingerprint density at radius 1 is 1.24 bits per heavy atom. The van der Waals surface area contributed by atoms with Crippen molar-refractivity contribution < 1.29 is 9.21 Å². The molecule has 5 nitrogen and oxygen atoms in total. The molecule has 0 saturated carbocycles. The van der Waals surface area contributed by atoms with E-state index in [9.17, 15) is 9.59 Å². The number of aromatic nitrogens is 1. The van der Waals surface area contributed by atoms with Gasteiger partial charge in [0.2, 0.25) is 5.91 Å². The van der Waals surface area contributed by atoms with Crippen molar-refractivity contribution in [3.63, 3.8) is 0 Å². The SMILES string of the molecule is C[C@H]1C[C@H](C)CN(C(=O)Cn2c(=O)oc3ccccc32)C1. The lowest BCUT2D eigenvalue weighted by Gasteiger charge is -2.35. The van der Waals surface area contributed by atoms with Gasteiger partial charge in [-0.25, -0.2) is 4.79 Å². The minimum Gasteiger partial charge on any atom is -0.408 e. The molecule has 1 aromatic carbocycles. The standard InChI is InChI=1S/C16H20N2O3/c1-11-7-12(2)9-17(8-11)15(19)10-18-13-5-3-4-6-14(13)21-16(18)20/h3-6,11-12H,7-10H2,1-2H3/t11-,12-/m0/s1. The van der Waals surface area contributed by atoms with E-state index in [0.29, 0.717) is 22.9 Å². The summed E-state index contributed by atoms with van der Waals surface area (Å²) in [6.07, 6.45) is 1.15. The van der Waals surface area contributed by atoms with Crippen LogP contribution in [0.25, 0.3) is 11.1 Å². The maximum absolute atomic E-state index is 12.5. The third-order valence-corrected chi connectivity index (χ3v) is 4.09. The Morgan fingerprint density at radius 3 is 2.62 bits per heavy atom. The average molecular weight is 288 g/mol. The van der Waals surface area contributed by atoms with Crippen LogP contribution in [0.15, 0.2) is 33.5 Å². The second kappa shape index (κ2) is 5.39. The quantitative estimate of drug-likeness (QED) is 0.850. The first-order chi connectivity index (χ1) is 10.0. The minimum absolute atomic E-state index is 0.0120. The molecule has 0 bridgehead atoms. The van der Waals surface area contributed by atoms with Crippen molar-refractivity contribution in [1.82, 2.24) is 9.47 Å². The smallest absolute Gasteiger partial charge is 0.408 e. The molecule has 112 valence electrons. The molecule has 0 unspecified atom stereocenters. The molecule has 0 aliphatic carbocycles. The average Bonchev–Trinajstić information content (AvgIpc) is 2.74. The van der Waals surface area contributed by atoms with Crippen molar-refractivity contribution in [3.05, 3.63) is 34.8 Å². The number of rotatable bonds is 2. The summed E-state index contributed by atoms with van der Waals surface area (Å²) in [4.78, 5) is 26.3. The molecule has 3 rings (SSSR count). The summed E-state index contributed by atoms with van der Waals surface area (Å²) in [5.41, 5.74) is 1.20. The highest BCUT2D eigenvalue weighted by atomic mass is 16.4. The predicted octanol–water partition coefficient (Wildman–Crippen LogP) is 2.10. The molecular weight excluding hydrogens is 268 g/mol. The molecule has 1 fully saturated rings. The highest BCUT2D eigenvalue weighted by Gasteiger charge is 2.26. The van der Waals surface area contributed by atoms with Gasteiger partial charge in [-0.05, 0) is 30.4 Å². The Morgan fingerprint density at radius 2 is 1.90 bits per heavy atom. The van der Waals surface area contributed by atoms with E-state index >= 15 is 0 Å². The van der Waals surface area contributed by atoms with E-state index in [4.69, 9.17) is 4.42 Å². The van der Waals surface area contributed by atoms with Crippen LogP contribution in [0.4, 0.5) is 0 Å². The highest BCUT2D eigenvalue weighted by molar-refractivity contribution is 5.79. The van der Waals surface area contributed by atoms with Gasteiger partial charge in [-0.1, -0.05) is 26.0 Å². The summed E-state index contributed by atoms with van der Waals surface area (Å²) >= 11 is 0. The van der Waals surface area contributed by atoms with E-state index in [1.807, 2.05) is 17.0 Å². The highest BCUT2D eigenvalue weighted by Crippen LogP contribution is 2.21. The number of nitrogens with zero attached hydrogens (tertiary/aromatic N) is 2. The van der Waals surface area contributed by atoms with Crippen LogP contribution >= 0.6 is 0 Å². The molecule has 2 atom stereocenters. The Hall–Kier alpha value is -2.04. The van der Waals surface area contributed by atoms with Crippen LogP contribution in [-0.4, -0.2) is 28.5 Å². The lowest BCUT2D eigenvalue weighted by atomic mass is 9.92. The monoisotopic (exact) mass is 288 g/mol. The third kappa shape index (κ3) is 2.73. The second-order valence-electron chi connectivity index (χ2n) is 6.17. The normalized spacial score (nSPS) is 22.7. The fraction of sp³-hybridized carbons (Fsp3) is 0.500. The molecule has 21 heavy (non-hydrogen) atoms. The molecule has 5 heteroatoms. The number of hydrogen-bond donors (Lipinski definition) is 0. The van der Waals surface area contributed by atoms with Crippen molar-refractivity contribution in [3.8, 4) is 0 Å². The summed E-state index contributed by atoms with van der Waals surface area (Å²) in [5, 5.41) is 0. The Kier molecular flexibility index (Phi) is 3.57. The predicted molar refractivity (Wildman–Crippen MR) is 80.0 cm³/mol. The maximum Gasteiger partial charge on any atom is 0.420 e. The lowest BCUT2D eigenvalue weighted by Crippen LogP contribution is -2.44. The molecular formula is C16H20N2O3. The number of piperidine rings is 1. The number of para-hydroxylation sites is 2. The molecule has 0 radical (unpaired) electrons. The van der Waals surface area contributed by atoms with Crippen molar-refractivity contribution in [2.45, 2.75) is 26.8 Å². The zero-order chi connectivity index (χ0) is 15.0. The lowest BCUT2D eigenvalue weighted by molar-refractivity contribution is -0.134. The summed E-state index contributed by atoms with van der Waals surface area (Å²) in [7, 11) is 0. The molecule has 2 heterocycles. The number of carbonyl (C=O) groups excluding carboxylic acids is 1. The number of fused-ring (bicyclic) bond motifs is 1. The van der Waals surface area contributed by atoms with Gasteiger partial charge < -0.3 is 9.32 Å². The maximum atomic E-state index is 12.5. The van der Waals surface area contributed by atoms with Gasteiger partial charge in [0.25, 0.3) is 0 Å². The van der Waals surface area contributed by atoms with Gasteiger partial charge >= 0.3 is 5.76 Å². The largest absolute Gasteiger partial charge is 0.420 e. The van der Waals surface area contributed by atoms with Crippen LogP contribution in [0.2, 0.25) is 0 Å². The van der Waals surface area contributed by atoms with Crippen LogP contribution < -0.4 is 5.76 Å². The van der Waals surface area contributed by atoms with Gasteiger partial charge in [0.1, 0.15) is 6.54 Å². The molecule has 1 aliphatic heterocycles. The first kappa shape index (κ1) is 13.9. The van der Waals surface area contributed by atoms with E-state index in [0.717, 1.165) is 19.5 Å². The third-order valence-electron chi connectivity index (χ3n) is 4.09. The van der Waals surface area contributed by atoms with E-state index in [2.05, 4.69) is 13.8 Å². The zero-order valence-corrected chi connectivity index (χ0v) is 12.4. The second-order valence-corrected chi connectivity index (χ2v) is 6.17. The van der Waals surface area contributed by atoms with Crippen LogP contribution in [0, 0.1) is 11.8 Å². The van der Waals surface area contributed by atoms with Crippen LogP contribution in [-0.2, 0) is 11.3 Å². The number of likely N-dealkylation sites (tertiary alicyclic amines) is 1. The topological polar surface area (TPSA) is 55.5 Å². The first-order valence-corrected chi connectivity index (χ1v) is 7.40. The molecule has 2 aromatic rings. The van der Waals surface area contributed by atoms with Crippen LogP contribution in [0.3, 0.4) is 0 Å². The number of hydrogen-bond acceptors (Lipinski definition) is 3. The summed E-state index contributed by atoms with van der Waals surface area (Å²) in [6.45, 7) is 5.92. The number of benzene rings is 1. The Bertz CT molecular complexity index is 706. The first-order valence-electron chi connectivity index (χ1n) is 7.40. The minimum atomic E-state index is -0.470. The van der Waals surface area contributed by atoms with Crippen LogP contribution in [0.1, 0.15) is 20.3 Å². The molecule has 1 saturated heterocycles. The molecule has 1 amide bonds. The van der Waals surface area contributed by atoms with Gasteiger partial charge in [-0.15, -0.1) is 0 Å². The zero-order valence-electron chi connectivity index (χ0n) is 12.4. The Labute approximate surface area is 123 Å².